The smallest absolute Gasteiger partial charge is 0.0223 e. The molecule has 0 saturated carbocycles. The second-order valence-corrected chi connectivity index (χ2v) is 6.99. The summed E-state index contributed by atoms with van der Waals surface area (Å²) in [6.07, 6.45) is 7.28. The van der Waals surface area contributed by atoms with Gasteiger partial charge in [-0.2, -0.15) is 11.8 Å². The van der Waals surface area contributed by atoms with Gasteiger partial charge in [-0.05, 0) is 38.0 Å². The van der Waals surface area contributed by atoms with E-state index in [2.05, 4.69) is 21.6 Å². The first-order chi connectivity index (χ1) is 7.92. The highest BCUT2D eigenvalue weighted by atomic mass is 32.2. The maximum Gasteiger partial charge on any atom is 0.0223 e. The molecule has 2 atom stereocenters. The molecule has 0 aliphatic carbocycles. The van der Waals surface area contributed by atoms with Crippen molar-refractivity contribution >= 4 is 11.8 Å². The normalized spacial score (nSPS) is 37.5. The lowest BCUT2D eigenvalue weighted by atomic mass is 9.99. The molecule has 0 aromatic rings. The van der Waals surface area contributed by atoms with E-state index >= 15 is 0 Å². The van der Waals surface area contributed by atoms with Crippen molar-refractivity contribution in [1.29, 1.82) is 0 Å². The van der Waals surface area contributed by atoms with E-state index < -0.39 is 0 Å². The molecular formula is C13H24N2S. The highest BCUT2D eigenvalue weighted by Crippen LogP contribution is 2.28. The molecule has 16 heavy (non-hydrogen) atoms. The van der Waals surface area contributed by atoms with Crippen LogP contribution in [0.1, 0.15) is 32.1 Å². The average molecular weight is 240 g/mol. The van der Waals surface area contributed by atoms with E-state index in [9.17, 15) is 0 Å². The Hall–Kier alpha value is 0.270. The second kappa shape index (κ2) is 5.28. The molecule has 3 saturated heterocycles. The van der Waals surface area contributed by atoms with Crippen molar-refractivity contribution in [3.8, 4) is 0 Å². The Balaban J connectivity index is 1.50. The molecule has 0 radical (unpaired) electrons. The predicted molar refractivity (Wildman–Crippen MR) is 71.1 cm³/mol. The van der Waals surface area contributed by atoms with Crippen molar-refractivity contribution in [3.63, 3.8) is 0 Å². The van der Waals surface area contributed by atoms with Gasteiger partial charge in [-0.15, -0.1) is 0 Å². The van der Waals surface area contributed by atoms with Gasteiger partial charge >= 0.3 is 0 Å². The van der Waals surface area contributed by atoms with Crippen LogP contribution >= 0.6 is 11.8 Å². The number of rotatable bonds is 2. The van der Waals surface area contributed by atoms with Gasteiger partial charge in [0.2, 0.25) is 0 Å². The van der Waals surface area contributed by atoms with Crippen LogP contribution in [0.2, 0.25) is 0 Å². The van der Waals surface area contributed by atoms with Crippen molar-refractivity contribution in [3.05, 3.63) is 0 Å². The Bertz CT molecular complexity index is 228. The lowest BCUT2D eigenvalue weighted by molar-refractivity contribution is 0.0496. The van der Waals surface area contributed by atoms with Crippen LogP contribution in [0, 0.1) is 0 Å². The Kier molecular flexibility index (Phi) is 3.75. The van der Waals surface area contributed by atoms with Crippen LogP contribution in [0.15, 0.2) is 0 Å². The number of nitrogens with zero attached hydrogens (tertiary/aromatic N) is 2. The Labute approximate surface area is 104 Å². The van der Waals surface area contributed by atoms with E-state index in [-0.39, 0.29) is 0 Å². The summed E-state index contributed by atoms with van der Waals surface area (Å²) in [6, 6.07) is 0.897. The standard InChI is InChI=1S/C13H24N2S/c1-2-6-15-8-7-14(10-12(15)4-1)11-13-5-3-9-16-13/h12-13H,1-11H2. The second-order valence-electron chi connectivity index (χ2n) is 5.58. The first-order valence-electron chi connectivity index (χ1n) is 7.00. The van der Waals surface area contributed by atoms with Crippen LogP contribution in [0.25, 0.3) is 0 Å². The van der Waals surface area contributed by atoms with Gasteiger partial charge in [-0.25, -0.2) is 0 Å². The summed E-state index contributed by atoms with van der Waals surface area (Å²) >= 11 is 2.21. The molecule has 0 aromatic heterocycles. The van der Waals surface area contributed by atoms with Crippen molar-refractivity contribution in [1.82, 2.24) is 9.80 Å². The maximum atomic E-state index is 2.75. The number of hydrogen-bond donors (Lipinski definition) is 0. The molecule has 92 valence electrons. The number of hydrogen-bond acceptors (Lipinski definition) is 3. The summed E-state index contributed by atoms with van der Waals surface area (Å²) < 4.78 is 0. The minimum atomic E-state index is 0.897. The van der Waals surface area contributed by atoms with Gasteiger partial charge in [0.15, 0.2) is 0 Å². The molecule has 3 aliphatic rings. The topological polar surface area (TPSA) is 6.48 Å². The summed E-state index contributed by atoms with van der Waals surface area (Å²) in [5, 5.41) is 0.954. The quantitative estimate of drug-likeness (QED) is 0.729. The maximum absolute atomic E-state index is 2.75. The molecule has 3 heteroatoms. The van der Waals surface area contributed by atoms with Crippen LogP contribution in [-0.2, 0) is 0 Å². The third-order valence-corrected chi connectivity index (χ3v) is 5.79. The molecule has 0 spiro atoms. The average Bonchev–Trinajstić information content (AvgIpc) is 2.82. The van der Waals surface area contributed by atoms with Crippen LogP contribution in [0.5, 0.6) is 0 Å². The van der Waals surface area contributed by atoms with Gasteiger partial charge in [0.25, 0.3) is 0 Å². The SMILES string of the molecule is C1CSC(CN2CCN3CCCCC3C2)C1. The van der Waals surface area contributed by atoms with Crippen molar-refractivity contribution < 1.29 is 0 Å². The molecule has 3 rings (SSSR count). The molecule has 0 bridgehead atoms. The molecular weight excluding hydrogens is 216 g/mol. The number of piperazine rings is 1. The minimum Gasteiger partial charge on any atom is -0.299 e. The predicted octanol–water partition coefficient (Wildman–Crippen LogP) is 2.05. The summed E-state index contributed by atoms with van der Waals surface area (Å²) in [5.41, 5.74) is 0. The molecule has 3 heterocycles. The zero-order valence-electron chi connectivity index (χ0n) is 10.2. The largest absolute Gasteiger partial charge is 0.299 e. The van der Waals surface area contributed by atoms with Crippen molar-refractivity contribution in [2.75, 3.05) is 38.5 Å². The fourth-order valence-corrected chi connectivity index (χ4v) is 4.78. The van der Waals surface area contributed by atoms with Crippen LogP contribution in [-0.4, -0.2) is 59.6 Å². The summed E-state index contributed by atoms with van der Waals surface area (Å²) in [5.74, 6) is 1.41. The van der Waals surface area contributed by atoms with E-state index in [0.29, 0.717) is 0 Å². The Morgan fingerprint density at radius 1 is 1.00 bits per heavy atom. The van der Waals surface area contributed by atoms with E-state index in [0.717, 1.165) is 11.3 Å². The monoisotopic (exact) mass is 240 g/mol. The number of piperidine rings is 1. The Morgan fingerprint density at radius 2 is 2.00 bits per heavy atom. The van der Waals surface area contributed by atoms with E-state index in [1.54, 1.807) is 0 Å². The number of thioether (sulfide) groups is 1. The molecule has 2 nitrogen and oxygen atoms in total. The highest BCUT2D eigenvalue weighted by molar-refractivity contribution is 8.00. The molecule has 0 N–H and O–H groups in total. The van der Waals surface area contributed by atoms with E-state index in [4.69, 9.17) is 0 Å². The van der Waals surface area contributed by atoms with Crippen molar-refractivity contribution in [2.24, 2.45) is 0 Å². The van der Waals surface area contributed by atoms with Gasteiger partial charge in [0, 0.05) is 37.5 Å². The molecule has 2 unspecified atom stereocenters. The van der Waals surface area contributed by atoms with Crippen LogP contribution in [0.3, 0.4) is 0 Å². The third-order valence-electron chi connectivity index (χ3n) is 4.41. The van der Waals surface area contributed by atoms with Crippen LogP contribution in [0.4, 0.5) is 0 Å². The highest BCUT2D eigenvalue weighted by Gasteiger charge is 2.30. The minimum absolute atomic E-state index is 0.897. The van der Waals surface area contributed by atoms with Gasteiger partial charge in [0.05, 0.1) is 0 Å². The van der Waals surface area contributed by atoms with Crippen molar-refractivity contribution in [2.45, 2.75) is 43.4 Å². The lowest BCUT2D eigenvalue weighted by Crippen LogP contribution is -2.55. The first-order valence-corrected chi connectivity index (χ1v) is 8.05. The fraction of sp³-hybridized carbons (Fsp3) is 1.00. The first kappa shape index (κ1) is 11.4. The summed E-state index contributed by atoms with van der Waals surface area (Å²) in [4.78, 5) is 5.48. The van der Waals surface area contributed by atoms with Crippen LogP contribution < -0.4 is 0 Å². The summed E-state index contributed by atoms with van der Waals surface area (Å²) in [6.45, 7) is 6.76. The summed E-state index contributed by atoms with van der Waals surface area (Å²) in [7, 11) is 0. The van der Waals surface area contributed by atoms with Gasteiger partial charge in [-0.3, -0.25) is 9.80 Å². The van der Waals surface area contributed by atoms with Gasteiger partial charge in [0.1, 0.15) is 0 Å². The number of fused-ring (bicyclic) bond motifs is 1. The lowest BCUT2D eigenvalue weighted by Gasteiger charge is -2.44. The zero-order valence-corrected chi connectivity index (χ0v) is 11.1. The molecule has 3 fully saturated rings. The third kappa shape index (κ3) is 2.57. The van der Waals surface area contributed by atoms with E-state index in [1.807, 2.05) is 0 Å². The van der Waals surface area contributed by atoms with Gasteiger partial charge in [-0.1, -0.05) is 6.42 Å². The fourth-order valence-electron chi connectivity index (χ4n) is 3.46. The van der Waals surface area contributed by atoms with E-state index in [1.165, 1.54) is 70.6 Å². The molecule has 3 aliphatic heterocycles. The zero-order chi connectivity index (χ0) is 10.8. The Morgan fingerprint density at radius 3 is 2.88 bits per heavy atom. The molecule has 0 aromatic carbocycles. The van der Waals surface area contributed by atoms with Gasteiger partial charge < -0.3 is 0 Å². The molecule has 0 amide bonds.